The Balaban J connectivity index is 1.31. The van der Waals surface area contributed by atoms with E-state index in [1.54, 1.807) is 0 Å². The van der Waals surface area contributed by atoms with E-state index >= 15 is 0 Å². The van der Waals surface area contributed by atoms with Gasteiger partial charge in [0.1, 0.15) is 5.75 Å². The third-order valence-corrected chi connectivity index (χ3v) is 4.35. The van der Waals surface area contributed by atoms with Gasteiger partial charge in [-0.2, -0.15) is 0 Å². The third kappa shape index (κ3) is 3.28. The molecule has 2 atom stereocenters. The van der Waals surface area contributed by atoms with E-state index in [2.05, 4.69) is 10.2 Å². The van der Waals surface area contributed by atoms with Crippen molar-refractivity contribution in [2.75, 3.05) is 26.2 Å². The van der Waals surface area contributed by atoms with Gasteiger partial charge in [0, 0.05) is 18.6 Å². The number of nitrogens with zero attached hydrogens (tertiary/aromatic N) is 1. The summed E-state index contributed by atoms with van der Waals surface area (Å²) in [5.41, 5.74) is 0. The Bertz CT molecular complexity index is 382. The number of ether oxygens (including phenoxy) is 1. The molecule has 2 saturated heterocycles. The zero-order valence-corrected chi connectivity index (χ0v) is 11.6. The number of hydrogen-bond acceptors (Lipinski definition) is 3. The van der Waals surface area contributed by atoms with Crippen molar-refractivity contribution in [3.8, 4) is 5.75 Å². The van der Waals surface area contributed by atoms with Crippen LogP contribution >= 0.6 is 0 Å². The molecule has 0 aliphatic carbocycles. The quantitative estimate of drug-likeness (QED) is 0.794. The van der Waals surface area contributed by atoms with E-state index in [0.29, 0.717) is 0 Å². The van der Waals surface area contributed by atoms with Gasteiger partial charge in [-0.25, -0.2) is 0 Å². The minimum absolute atomic E-state index is 0.722. The Morgan fingerprint density at radius 1 is 1.16 bits per heavy atom. The second kappa shape index (κ2) is 6.40. The Labute approximate surface area is 115 Å². The topological polar surface area (TPSA) is 24.5 Å². The van der Waals surface area contributed by atoms with E-state index in [1.165, 1.54) is 32.4 Å². The molecule has 3 rings (SSSR count). The summed E-state index contributed by atoms with van der Waals surface area (Å²) in [6.07, 6.45) is 5.18. The highest BCUT2D eigenvalue weighted by molar-refractivity contribution is 5.20. The third-order valence-electron chi connectivity index (χ3n) is 4.35. The summed E-state index contributed by atoms with van der Waals surface area (Å²) in [6, 6.07) is 11.6. The fraction of sp³-hybridized carbons (Fsp3) is 0.625. The fourth-order valence-corrected chi connectivity index (χ4v) is 3.39. The Morgan fingerprint density at radius 3 is 2.95 bits per heavy atom. The predicted octanol–water partition coefficient (Wildman–Crippen LogP) is 2.28. The van der Waals surface area contributed by atoms with Crippen LogP contribution in [0.4, 0.5) is 0 Å². The number of nitrogens with one attached hydrogen (secondary N) is 1. The largest absolute Gasteiger partial charge is 0.494 e. The van der Waals surface area contributed by atoms with Crippen molar-refractivity contribution in [3.05, 3.63) is 30.3 Å². The van der Waals surface area contributed by atoms with E-state index in [1.807, 2.05) is 30.3 Å². The lowest BCUT2D eigenvalue weighted by Crippen LogP contribution is -2.39. The summed E-state index contributed by atoms with van der Waals surface area (Å²) in [5.74, 6) is 0.977. The van der Waals surface area contributed by atoms with Crippen molar-refractivity contribution in [1.29, 1.82) is 0 Å². The Kier molecular flexibility index (Phi) is 4.36. The van der Waals surface area contributed by atoms with Crippen LogP contribution in [0.15, 0.2) is 30.3 Å². The molecule has 2 aliphatic rings. The lowest BCUT2D eigenvalue weighted by Gasteiger charge is -2.21. The summed E-state index contributed by atoms with van der Waals surface area (Å²) in [4.78, 5) is 2.65. The first kappa shape index (κ1) is 12.9. The second-order valence-electron chi connectivity index (χ2n) is 5.61. The SMILES string of the molecule is c1ccc(OCCCNC2CCN3CCCC23)cc1. The van der Waals surface area contributed by atoms with Gasteiger partial charge in [-0.3, -0.25) is 4.90 Å². The number of fused-ring (bicyclic) bond motifs is 1. The van der Waals surface area contributed by atoms with Crippen LogP contribution in [0.5, 0.6) is 5.75 Å². The first-order chi connectivity index (χ1) is 9.43. The molecular weight excluding hydrogens is 236 g/mol. The van der Waals surface area contributed by atoms with E-state index in [9.17, 15) is 0 Å². The standard InChI is InChI=1S/C16H24N2O/c1-2-6-14(7-3-1)19-13-5-10-17-15-9-12-18-11-4-8-16(15)18/h1-3,6-7,15-17H,4-5,8-13H2. The minimum Gasteiger partial charge on any atom is -0.494 e. The highest BCUT2D eigenvalue weighted by atomic mass is 16.5. The lowest BCUT2D eigenvalue weighted by molar-refractivity contribution is 0.284. The molecule has 0 radical (unpaired) electrons. The maximum absolute atomic E-state index is 5.71. The monoisotopic (exact) mass is 260 g/mol. The molecule has 3 heteroatoms. The number of para-hydroxylation sites is 1. The molecule has 104 valence electrons. The van der Waals surface area contributed by atoms with Crippen molar-refractivity contribution < 1.29 is 4.74 Å². The molecule has 0 aromatic heterocycles. The molecule has 1 aromatic rings. The highest BCUT2D eigenvalue weighted by Gasteiger charge is 2.36. The van der Waals surface area contributed by atoms with Crippen LogP contribution in [0.25, 0.3) is 0 Å². The molecule has 0 saturated carbocycles. The zero-order valence-electron chi connectivity index (χ0n) is 11.6. The van der Waals surface area contributed by atoms with Gasteiger partial charge in [0.25, 0.3) is 0 Å². The average Bonchev–Trinajstić information content (AvgIpc) is 3.04. The first-order valence-corrected chi connectivity index (χ1v) is 7.59. The molecule has 2 fully saturated rings. The minimum atomic E-state index is 0.722. The van der Waals surface area contributed by atoms with Gasteiger partial charge in [-0.05, 0) is 50.9 Å². The lowest BCUT2D eigenvalue weighted by atomic mass is 10.1. The summed E-state index contributed by atoms with van der Waals surface area (Å²) in [5, 5.41) is 3.72. The first-order valence-electron chi connectivity index (χ1n) is 7.59. The van der Waals surface area contributed by atoms with Gasteiger partial charge in [0.15, 0.2) is 0 Å². The molecule has 0 bridgehead atoms. The van der Waals surface area contributed by atoms with Crippen molar-refractivity contribution in [3.63, 3.8) is 0 Å². The molecule has 3 nitrogen and oxygen atoms in total. The van der Waals surface area contributed by atoms with Crippen molar-refractivity contribution >= 4 is 0 Å². The fourth-order valence-electron chi connectivity index (χ4n) is 3.39. The molecule has 2 unspecified atom stereocenters. The van der Waals surface area contributed by atoms with E-state index in [4.69, 9.17) is 4.74 Å². The molecule has 19 heavy (non-hydrogen) atoms. The van der Waals surface area contributed by atoms with Crippen LogP contribution in [0, 0.1) is 0 Å². The van der Waals surface area contributed by atoms with Gasteiger partial charge in [-0.1, -0.05) is 18.2 Å². The molecule has 2 heterocycles. The molecule has 2 aliphatic heterocycles. The van der Waals surface area contributed by atoms with Gasteiger partial charge in [0.05, 0.1) is 6.61 Å². The second-order valence-corrected chi connectivity index (χ2v) is 5.61. The van der Waals surface area contributed by atoms with E-state index in [0.717, 1.165) is 37.4 Å². The molecule has 0 spiro atoms. The summed E-state index contributed by atoms with van der Waals surface area (Å²) in [6.45, 7) is 4.49. The number of benzene rings is 1. The number of rotatable bonds is 6. The Hall–Kier alpha value is -1.06. The van der Waals surface area contributed by atoms with Crippen LogP contribution in [0.2, 0.25) is 0 Å². The summed E-state index contributed by atoms with van der Waals surface area (Å²) in [7, 11) is 0. The molecular formula is C16H24N2O. The highest BCUT2D eigenvalue weighted by Crippen LogP contribution is 2.27. The molecule has 1 N–H and O–H groups in total. The summed E-state index contributed by atoms with van der Waals surface area (Å²) >= 11 is 0. The number of hydrogen-bond donors (Lipinski definition) is 1. The van der Waals surface area contributed by atoms with Gasteiger partial charge < -0.3 is 10.1 Å². The normalized spacial score (nSPS) is 26.5. The van der Waals surface area contributed by atoms with Gasteiger partial charge in [0.2, 0.25) is 0 Å². The molecule has 0 amide bonds. The Morgan fingerprint density at radius 2 is 2.05 bits per heavy atom. The van der Waals surface area contributed by atoms with Crippen LogP contribution in [0.3, 0.4) is 0 Å². The predicted molar refractivity (Wildman–Crippen MR) is 77.6 cm³/mol. The maximum Gasteiger partial charge on any atom is 0.119 e. The van der Waals surface area contributed by atoms with Crippen molar-refractivity contribution in [2.45, 2.75) is 37.8 Å². The van der Waals surface area contributed by atoms with Crippen LogP contribution < -0.4 is 10.1 Å². The average molecular weight is 260 g/mol. The van der Waals surface area contributed by atoms with Gasteiger partial charge >= 0.3 is 0 Å². The smallest absolute Gasteiger partial charge is 0.119 e. The van der Waals surface area contributed by atoms with Crippen LogP contribution in [0.1, 0.15) is 25.7 Å². The summed E-state index contributed by atoms with van der Waals surface area (Å²) < 4.78 is 5.71. The van der Waals surface area contributed by atoms with Crippen LogP contribution in [-0.2, 0) is 0 Å². The maximum atomic E-state index is 5.71. The van der Waals surface area contributed by atoms with Crippen LogP contribution in [-0.4, -0.2) is 43.2 Å². The van der Waals surface area contributed by atoms with Crippen molar-refractivity contribution in [1.82, 2.24) is 10.2 Å². The van der Waals surface area contributed by atoms with E-state index < -0.39 is 0 Å². The van der Waals surface area contributed by atoms with E-state index in [-0.39, 0.29) is 0 Å². The zero-order chi connectivity index (χ0) is 12.9. The van der Waals surface area contributed by atoms with Gasteiger partial charge in [-0.15, -0.1) is 0 Å². The molecule has 1 aromatic carbocycles. The van der Waals surface area contributed by atoms with Crippen molar-refractivity contribution in [2.24, 2.45) is 0 Å².